The molecule has 0 bridgehead atoms. The molecule has 0 spiro atoms. The van der Waals surface area contributed by atoms with Gasteiger partial charge in [-0.25, -0.2) is 15.0 Å². The van der Waals surface area contributed by atoms with Crippen LogP contribution in [0.1, 0.15) is 11.1 Å². The summed E-state index contributed by atoms with van der Waals surface area (Å²) >= 11 is 0. The van der Waals surface area contributed by atoms with Crippen LogP contribution in [0.4, 0.5) is 5.69 Å². The Morgan fingerprint density at radius 2 is 1.19 bits per heavy atom. The third-order valence-electron chi connectivity index (χ3n) is 9.82. The molecule has 2 aromatic heterocycles. The molecule has 0 atom stereocenters. The van der Waals surface area contributed by atoms with Crippen LogP contribution in [0.15, 0.2) is 173 Å². The maximum absolute atomic E-state index is 9.21. The molecule has 0 aliphatic heterocycles. The van der Waals surface area contributed by atoms with Crippen LogP contribution in [-0.2, 0) is 0 Å². The highest BCUT2D eigenvalue weighted by Gasteiger charge is 2.21. The van der Waals surface area contributed by atoms with Gasteiger partial charge in [0, 0.05) is 33.0 Å². The molecule has 0 radical (unpaired) electrons. The van der Waals surface area contributed by atoms with Crippen molar-refractivity contribution in [2.45, 2.75) is 0 Å². The van der Waals surface area contributed by atoms with Crippen molar-refractivity contribution in [1.29, 1.82) is 5.41 Å². The van der Waals surface area contributed by atoms with Crippen LogP contribution >= 0.6 is 0 Å². The van der Waals surface area contributed by atoms with E-state index in [-0.39, 0.29) is 0 Å². The smallest absolute Gasteiger partial charge is 0.164 e. The lowest BCUT2D eigenvalue weighted by Crippen LogP contribution is -2.18. The predicted molar refractivity (Wildman–Crippen MR) is 220 cm³/mol. The van der Waals surface area contributed by atoms with Gasteiger partial charge in [0.05, 0.1) is 11.4 Å². The fourth-order valence-electron chi connectivity index (χ4n) is 7.19. The largest absolute Gasteiger partial charge is 0.456 e. The Morgan fingerprint density at radius 1 is 0.519 bits per heavy atom. The number of hydrogen-bond donors (Lipinski definition) is 2. The third kappa shape index (κ3) is 5.52. The minimum atomic E-state index is 0.374. The number of allylic oxidation sites excluding steroid dienone is 1. The molecule has 0 unspecified atom stereocenters. The molecule has 9 aromatic rings. The minimum absolute atomic E-state index is 0.374. The Hall–Kier alpha value is -7.51. The van der Waals surface area contributed by atoms with Crippen LogP contribution in [0.5, 0.6) is 0 Å². The number of rotatable bonds is 6. The van der Waals surface area contributed by atoms with Crippen LogP contribution < -0.4 is 5.43 Å². The quantitative estimate of drug-likeness (QED) is 0.169. The van der Waals surface area contributed by atoms with Gasteiger partial charge in [0.1, 0.15) is 16.9 Å². The first-order valence-electron chi connectivity index (χ1n) is 17.7. The Labute approximate surface area is 310 Å². The Kier molecular flexibility index (Phi) is 7.47. The highest BCUT2D eigenvalue weighted by Crippen LogP contribution is 2.37. The average Bonchev–Trinajstić information content (AvgIpc) is 3.63. The molecule has 7 aromatic carbocycles. The normalized spacial score (nSPS) is 13.2. The number of aromatic nitrogens is 3. The first-order chi connectivity index (χ1) is 26.7. The van der Waals surface area contributed by atoms with Gasteiger partial charge in [-0.2, -0.15) is 5.10 Å². The molecule has 2 heterocycles. The minimum Gasteiger partial charge on any atom is -0.456 e. The van der Waals surface area contributed by atoms with Crippen molar-refractivity contribution in [2.75, 3.05) is 5.43 Å². The molecule has 54 heavy (non-hydrogen) atoms. The first-order valence-corrected chi connectivity index (χ1v) is 17.7. The molecule has 2 N–H and O–H groups in total. The van der Waals surface area contributed by atoms with E-state index >= 15 is 0 Å². The molecule has 0 saturated carbocycles. The number of nitrogens with one attached hydrogen (secondary N) is 2. The van der Waals surface area contributed by atoms with E-state index < -0.39 is 0 Å². The van der Waals surface area contributed by atoms with Crippen molar-refractivity contribution in [3.63, 3.8) is 0 Å². The summed E-state index contributed by atoms with van der Waals surface area (Å²) in [5.41, 5.74) is 13.0. The zero-order valence-corrected chi connectivity index (χ0v) is 28.9. The standard InChI is InChI=1S/C47H30N6O/c48-44-39(53-52-35-15-5-2-6-16-35)26-25-30-23-21-29-22-24-33(28-38(29)42(30)44)32-13-9-14-34(27-32)46-49-45(31-11-3-1-4-12-31)50-47(51-46)37-18-10-20-41-43(37)36-17-7-8-19-40(36)54-41/h1-28,48,52H/b48-44?,53-39-. The lowest BCUT2D eigenvalue weighted by molar-refractivity contribution is 0.669. The van der Waals surface area contributed by atoms with Crippen LogP contribution in [-0.4, -0.2) is 26.4 Å². The number of anilines is 1. The monoisotopic (exact) mass is 694 g/mol. The number of hydrogen-bond acceptors (Lipinski definition) is 7. The van der Waals surface area contributed by atoms with Gasteiger partial charge in [-0.3, -0.25) is 10.8 Å². The third-order valence-corrected chi connectivity index (χ3v) is 9.82. The lowest BCUT2D eigenvalue weighted by atomic mass is 9.88. The van der Waals surface area contributed by atoms with E-state index in [0.717, 1.165) is 77.3 Å². The van der Waals surface area contributed by atoms with Crippen molar-refractivity contribution in [3.8, 4) is 45.3 Å². The average molecular weight is 695 g/mol. The van der Waals surface area contributed by atoms with Gasteiger partial charge in [-0.1, -0.05) is 127 Å². The van der Waals surface area contributed by atoms with E-state index in [2.05, 4.69) is 59.1 Å². The molecule has 0 fully saturated rings. The van der Waals surface area contributed by atoms with E-state index in [1.807, 2.05) is 121 Å². The Morgan fingerprint density at radius 3 is 2.06 bits per heavy atom. The maximum atomic E-state index is 9.21. The van der Waals surface area contributed by atoms with Gasteiger partial charge < -0.3 is 4.42 Å². The molecule has 1 aliphatic carbocycles. The Balaban J connectivity index is 1.08. The second-order valence-electron chi connectivity index (χ2n) is 13.2. The number of nitrogens with zero attached hydrogens (tertiary/aromatic N) is 4. The van der Waals surface area contributed by atoms with Crippen LogP contribution in [0.2, 0.25) is 0 Å². The molecule has 254 valence electrons. The molecule has 10 rings (SSSR count). The molecule has 7 heteroatoms. The van der Waals surface area contributed by atoms with Gasteiger partial charge in [-0.05, 0) is 69.9 Å². The van der Waals surface area contributed by atoms with E-state index in [1.54, 1.807) is 0 Å². The summed E-state index contributed by atoms with van der Waals surface area (Å²) < 4.78 is 6.22. The fraction of sp³-hybridized carbons (Fsp3) is 0. The molecule has 0 saturated heterocycles. The zero-order chi connectivity index (χ0) is 36.0. The highest BCUT2D eigenvalue weighted by molar-refractivity contribution is 6.55. The SMILES string of the molecule is N=C1/C(=N\Nc2ccccc2)C=Cc2ccc3ccc(-c4cccc(-c5nc(-c6ccccc6)nc(-c6cccc7oc8ccccc8c67)n5)c4)cc3c21. The summed E-state index contributed by atoms with van der Waals surface area (Å²) in [6, 6.07) is 52.7. The van der Waals surface area contributed by atoms with Gasteiger partial charge in [-0.15, -0.1) is 0 Å². The number of hydrazone groups is 1. The van der Waals surface area contributed by atoms with Crippen molar-refractivity contribution in [3.05, 3.63) is 175 Å². The van der Waals surface area contributed by atoms with Gasteiger partial charge in [0.25, 0.3) is 0 Å². The highest BCUT2D eigenvalue weighted by atomic mass is 16.3. The number of benzene rings is 7. The first kappa shape index (κ1) is 31.2. The fourth-order valence-corrected chi connectivity index (χ4v) is 7.19. The second-order valence-corrected chi connectivity index (χ2v) is 13.2. The van der Waals surface area contributed by atoms with Crippen molar-refractivity contribution in [1.82, 2.24) is 15.0 Å². The van der Waals surface area contributed by atoms with Gasteiger partial charge >= 0.3 is 0 Å². The maximum Gasteiger partial charge on any atom is 0.164 e. The number of fused-ring (bicyclic) bond motifs is 6. The van der Waals surface area contributed by atoms with E-state index in [0.29, 0.717) is 28.9 Å². The molecule has 1 aliphatic rings. The summed E-state index contributed by atoms with van der Waals surface area (Å²) in [5, 5.41) is 17.8. The van der Waals surface area contributed by atoms with Crippen molar-refractivity contribution < 1.29 is 4.42 Å². The van der Waals surface area contributed by atoms with Gasteiger partial charge in [0.2, 0.25) is 0 Å². The van der Waals surface area contributed by atoms with Crippen LogP contribution in [0.3, 0.4) is 0 Å². The predicted octanol–water partition coefficient (Wildman–Crippen LogP) is 11.5. The van der Waals surface area contributed by atoms with Crippen LogP contribution in [0, 0.1) is 5.41 Å². The molecule has 0 amide bonds. The number of furan rings is 1. The van der Waals surface area contributed by atoms with E-state index in [1.165, 1.54) is 0 Å². The topological polar surface area (TPSA) is 100 Å². The second kappa shape index (κ2) is 12.9. The summed E-state index contributed by atoms with van der Waals surface area (Å²) in [7, 11) is 0. The molecular weight excluding hydrogens is 665 g/mol. The lowest BCUT2D eigenvalue weighted by Gasteiger charge is -2.17. The van der Waals surface area contributed by atoms with Crippen molar-refractivity contribution >= 4 is 55.9 Å². The number of para-hydroxylation sites is 2. The summed E-state index contributed by atoms with van der Waals surface area (Å²) in [6.07, 6.45) is 3.92. The van der Waals surface area contributed by atoms with Crippen molar-refractivity contribution in [2.24, 2.45) is 5.10 Å². The summed E-state index contributed by atoms with van der Waals surface area (Å²) in [4.78, 5) is 15.2. The Bertz CT molecular complexity index is 2980. The molecular formula is C47H30N6O. The van der Waals surface area contributed by atoms with Crippen LogP contribution in [0.25, 0.3) is 84.1 Å². The summed E-state index contributed by atoms with van der Waals surface area (Å²) in [6.45, 7) is 0. The zero-order valence-electron chi connectivity index (χ0n) is 28.9. The summed E-state index contributed by atoms with van der Waals surface area (Å²) in [5.74, 6) is 1.74. The van der Waals surface area contributed by atoms with E-state index in [4.69, 9.17) is 19.4 Å². The molecule has 7 nitrogen and oxygen atoms in total. The van der Waals surface area contributed by atoms with Gasteiger partial charge in [0.15, 0.2) is 17.5 Å². The van der Waals surface area contributed by atoms with E-state index in [9.17, 15) is 5.41 Å².